The number of carbonyl (C=O) groups is 1. The lowest BCUT2D eigenvalue weighted by molar-refractivity contribution is -0.138. The van der Waals surface area contributed by atoms with Crippen LogP contribution >= 0.6 is 0 Å². The van der Waals surface area contributed by atoms with Crippen LogP contribution in [0.4, 0.5) is 0 Å². The molecular formula is C8H15NO3. The average molecular weight is 173 g/mol. The number of hydrogen-bond donors (Lipinski definition) is 0. The van der Waals surface area contributed by atoms with Gasteiger partial charge < -0.3 is 14.4 Å². The van der Waals surface area contributed by atoms with Crippen LogP contribution in [0.1, 0.15) is 6.92 Å². The normalized spacial score (nSPS) is 24.2. The zero-order chi connectivity index (χ0) is 8.97. The van der Waals surface area contributed by atoms with Gasteiger partial charge >= 0.3 is 0 Å². The smallest absolute Gasteiger partial charge is 0.219 e. The number of hydrogen-bond acceptors (Lipinski definition) is 3. The van der Waals surface area contributed by atoms with Crippen LogP contribution in [0.25, 0.3) is 0 Å². The van der Waals surface area contributed by atoms with Crippen LogP contribution in [0.3, 0.4) is 0 Å². The first kappa shape index (κ1) is 9.48. The fourth-order valence-corrected chi connectivity index (χ4v) is 1.29. The number of morpholine rings is 1. The van der Waals surface area contributed by atoms with E-state index in [2.05, 4.69) is 0 Å². The molecule has 0 aliphatic carbocycles. The summed E-state index contributed by atoms with van der Waals surface area (Å²) in [4.78, 5) is 12.8. The molecule has 0 aromatic heterocycles. The molecule has 1 saturated heterocycles. The van der Waals surface area contributed by atoms with E-state index >= 15 is 0 Å². The summed E-state index contributed by atoms with van der Waals surface area (Å²) in [6.45, 7) is 4.12. The summed E-state index contributed by atoms with van der Waals surface area (Å²) in [6, 6.07) is 0. The highest BCUT2D eigenvalue weighted by molar-refractivity contribution is 5.73. The lowest BCUT2D eigenvalue weighted by atomic mass is 10.3. The van der Waals surface area contributed by atoms with E-state index in [0.29, 0.717) is 26.3 Å². The number of carbonyl (C=O) groups excluding carboxylic acids is 1. The van der Waals surface area contributed by atoms with E-state index in [1.165, 1.54) is 0 Å². The van der Waals surface area contributed by atoms with Crippen molar-refractivity contribution >= 4 is 5.91 Å². The molecule has 1 atom stereocenters. The van der Waals surface area contributed by atoms with Gasteiger partial charge in [-0.3, -0.25) is 4.79 Å². The fraction of sp³-hybridized carbons (Fsp3) is 0.875. The van der Waals surface area contributed by atoms with E-state index < -0.39 is 0 Å². The molecule has 1 amide bonds. The molecule has 12 heavy (non-hydrogen) atoms. The highest BCUT2D eigenvalue weighted by Gasteiger charge is 2.21. The molecule has 1 aliphatic rings. The largest absolute Gasteiger partial charge is 0.382 e. The quantitative estimate of drug-likeness (QED) is 0.584. The van der Waals surface area contributed by atoms with E-state index in [1.807, 2.05) is 0 Å². The first-order valence-electron chi connectivity index (χ1n) is 4.10. The lowest BCUT2D eigenvalue weighted by Crippen LogP contribution is -2.46. The van der Waals surface area contributed by atoms with Crippen LogP contribution in [0, 0.1) is 0 Å². The van der Waals surface area contributed by atoms with Crippen molar-refractivity contribution in [1.82, 2.24) is 4.90 Å². The molecule has 1 rings (SSSR count). The van der Waals surface area contributed by atoms with E-state index in [-0.39, 0.29) is 12.0 Å². The summed E-state index contributed by atoms with van der Waals surface area (Å²) in [5, 5.41) is 0. The Morgan fingerprint density at radius 3 is 3.08 bits per heavy atom. The van der Waals surface area contributed by atoms with Crippen LogP contribution in [-0.2, 0) is 14.3 Å². The Balaban J connectivity index is 2.35. The second-order valence-electron chi connectivity index (χ2n) is 2.91. The maximum atomic E-state index is 11.0. The van der Waals surface area contributed by atoms with Crippen molar-refractivity contribution in [3.8, 4) is 0 Å². The molecule has 0 aromatic carbocycles. The summed E-state index contributed by atoms with van der Waals surface area (Å²) >= 11 is 0. The minimum atomic E-state index is 0.0487. The van der Waals surface area contributed by atoms with E-state index in [0.717, 1.165) is 0 Å². The number of nitrogens with zero attached hydrogens (tertiary/aromatic N) is 1. The fourth-order valence-electron chi connectivity index (χ4n) is 1.29. The maximum Gasteiger partial charge on any atom is 0.219 e. The van der Waals surface area contributed by atoms with E-state index in [1.54, 1.807) is 18.9 Å². The summed E-state index contributed by atoms with van der Waals surface area (Å²) in [7, 11) is 1.63. The van der Waals surface area contributed by atoms with Gasteiger partial charge in [0.05, 0.1) is 19.3 Å². The molecule has 4 nitrogen and oxygen atoms in total. The zero-order valence-corrected chi connectivity index (χ0v) is 7.58. The molecular weight excluding hydrogens is 158 g/mol. The molecule has 0 bridgehead atoms. The Kier molecular flexibility index (Phi) is 3.49. The summed E-state index contributed by atoms with van der Waals surface area (Å²) in [5.74, 6) is 0.111. The average Bonchev–Trinajstić information content (AvgIpc) is 2.05. The Morgan fingerprint density at radius 2 is 2.50 bits per heavy atom. The first-order valence-corrected chi connectivity index (χ1v) is 4.10. The van der Waals surface area contributed by atoms with Crippen LogP contribution in [-0.4, -0.2) is 50.3 Å². The van der Waals surface area contributed by atoms with Crippen molar-refractivity contribution in [3.63, 3.8) is 0 Å². The van der Waals surface area contributed by atoms with Crippen molar-refractivity contribution < 1.29 is 14.3 Å². The lowest BCUT2D eigenvalue weighted by Gasteiger charge is -2.31. The Hall–Kier alpha value is -0.610. The van der Waals surface area contributed by atoms with E-state index in [9.17, 15) is 4.79 Å². The van der Waals surface area contributed by atoms with Crippen molar-refractivity contribution in [2.75, 3.05) is 33.4 Å². The highest BCUT2D eigenvalue weighted by Crippen LogP contribution is 2.05. The first-order chi connectivity index (χ1) is 5.74. The van der Waals surface area contributed by atoms with Crippen molar-refractivity contribution in [2.45, 2.75) is 13.0 Å². The van der Waals surface area contributed by atoms with Gasteiger partial charge in [0.1, 0.15) is 0 Å². The van der Waals surface area contributed by atoms with Crippen LogP contribution < -0.4 is 0 Å². The standard InChI is InChI=1S/C8H15NO3/c1-7(10)9-3-4-12-8(5-9)6-11-2/h8H,3-6H2,1-2H3. The van der Waals surface area contributed by atoms with Gasteiger partial charge in [-0.25, -0.2) is 0 Å². The van der Waals surface area contributed by atoms with Crippen LogP contribution in [0.5, 0.6) is 0 Å². The van der Waals surface area contributed by atoms with Gasteiger partial charge in [-0.1, -0.05) is 0 Å². The SMILES string of the molecule is COCC1CN(C(C)=O)CCO1. The van der Waals surface area contributed by atoms with Gasteiger partial charge in [-0.15, -0.1) is 0 Å². The molecule has 1 unspecified atom stereocenters. The minimum Gasteiger partial charge on any atom is -0.382 e. The van der Waals surface area contributed by atoms with E-state index in [4.69, 9.17) is 9.47 Å². The second kappa shape index (κ2) is 4.42. The van der Waals surface area contributed by atoms with Gasteiger partial charge in [-0.05, 0) is 0 Å². The molecule has 0 N–H and O–H groups in total. The molecule has 1 fully saturated rings. The highest BCUT2D eigenvalue weighted by atomic mass is 16.5. The van der Waals surface area contributed by atoms with Gasteiger partial charge in [-0.2, -0.15) is 0 Å². The predicted molar refractivity (Wildman–Crippen MR) is 43.9 cm³/mol. The number of rotatable bonds is 2. The van der Waals surface area contributed by atoms with Gasteiger partial charge in [0.15, 0.2) is 0 Å². The zero-order valence-electron chi connectivity index (χ0n) is 7.58. The van der Waals surface area contributed by atoms with Crippen LogP contribution in [0.2, 0.25) is 0 Å². The van der Waals surface area contributed by atoms with Crippen molar-refractivity contribution in [2.24, 2.45) is 0 Å². The molecule has 1 aliphatic heterocycles. The Morgan fingerprint density at radius 1 is 1.75 bits per heavy atom. The summed E-state index contributed by atoms with van der Waals surface area (Å²) in [6.07, 6.45) is 0.0487. The van der Waals surface area contributed by atoms with Crippen molar-refractivity contribution in [1.29, 1.82) is 0 Å². The predicted octanol–water partition coefficient (Wildman–Crippen LogP) is -0.120. The Bertz CT molecular complexity index is 158. The topological polar surface area (TPSA) is 38.8 Å². The van der Waals surface area contributed by atoms with Gasteiger partial charge in [0, 0.05) is 27.1 Å². The van der Waals surface area contributed by atoms with Crippen molar-refractivity contribution in [3.05, 3.63) is 0 Å². The second-order valence-corrected chi connectivity index (χ2v) is 2.91. The number of ether oxygens (including phenoxy) is 2. The molecule has 70 valence electrons. The third-order valence-electron chi connectivity index (χ3n) is 1.94. The molecule has 1 heterocycles. The third kappa shape index (κ3) is 2.46. The molecule has 0 radical (unpaired) electrons. The van der Waals surface area contributed by atoms with Crippen LogP contribution in [0.15, 0.2) is 0 Å². The molecule has 4 heteroatoms. The number of amides is 1. The minimum absolute atomic E-state index is 0.0487. The van der Waals surface area contributed by atoms with Gasteiger partial charge in [0.2, 0.25) is 5.91 Å². The van der Waals surface area contributed by atoms with Gasteiger partial charge in [0.25, 0.3) is 0 Å². The summed E-state index contributed by atoms with van der Waals surface area (Å²) < 4.78 is 10.3. The molecule has 0 spiro atoms. The molecule has 0 aromatic rings. The maximum absolute atomic E-state index is 11.0. The Labute approximate surface area is 72.4 Å². The molecule has 0 saturated carbocycles. The summed E-state index contributed by atoms with van der Waals surface area (Å²) in [5.41, 5.74) is 0. The number of methoxy groups -OCH3 is 1. The third-order valence-corrected chi connectivity index (χ3v) is 1.94. The monoisotopic (exact) mass is 173 g/mol.